The van der Waals surface area contributed by atoms with Crippen molar-refractivity contribution >= 4 is 28.0 Å². The van der Waals surface area contributed by atoms with Gasteiger partial charge in [-0.05, 0) is 24.3 Å². The zero-order valence-electron chi connectivity index (χ0n) is 17.6. The fourth-order valence-electron chi connectivity index (χ4n) is 3.08. The quantitative estimate of drug-likeness (QED) is 0.253. The summed E-state index contributed by atoms with van der Waals surface area (Å²) in [7, 11) is 3.23. The Balaban J connectivity index is 1.66. The molecule has 4 aromatic rings. The van der Waals surface area contributed by atoms with E-state index in [1.807, 2.05) is 78.9 Å². The van der Waals surface area contributed by atoms with E-state index in [0.29, 0.717) is 17.4 Å². The summed E-state index contributed by atoms with van der Waals surface area (Å²) in [5, 5.41) is 4.37. The van der Waals surface area contributed by atoms with E-state index in [9.17, 15) is 0 Å². The van der Waals surface area contributed by atoms with Crippen molar-refractivity contribution in [2.75, 3.05) is 19.6 Å². The number of benzene rings is 3. The van der Waals surface area contributed by atoms with Crippen molar-refractivity contribution in [3.63, 3.8) is 0 Å². The minimum Gasteiger partial charge on any atom is -0.497 e. The molecule has 0 amide bonds. The van der Waals surface area contributed by atoms with Gasteiger partial charge >= 0.3 is 0 Å². The van der Waals surface area contributed by atoms with E-state index >= 15 is 0 Å². The van der Waals surface area contributed by atoms with E-state index in [4.69, 9.17) is 14.5 Å². The Hall–Kier alpha value is -3.71. The van der Waals surface area contributed by atoms with Gasteiger partial charge < -0.3 is 9.47 Å². The van der Waals surface area contributed by atoms with Crippen LogP contribution >= 0.6 is 15.9 Å². The first-order valence-electron chi connectivity index (χ1n) is 9.88. The molecule has 6 nitrogen and oxygen atoms in total. The maximum absolute atomic E-state index is 5.43. The third kappa shape index (κ3) is 5.12. The number of ether oxygens (including phenoxy) is 2. The predicted octanol–water partition coefficient (Wildman–Crippen LogP) is 6.04. The number of hydrazone groups is 1. The lowest BCUT2D eigenvalue weighted by molar-refractivity contribution is 0.394. The summed E-state index contributed by atoms with van der Waals surface area (Å²) >= 11 is 3.47. The summed E-state index contributed by atoms with van der Waals surface area (Å²) in [5.41, 5.74) is 6.55. The number of halogens is 1. The highest BCUT2D eigenvalue weighted by molar-refractivity contribution is 9.10. The van der Waals surface area contributed by atoms with Crippen molar-refractivity contribution in [2.45, 2.75) is 0 Å². The van der Waals surface area contributed by atoms with Crippen LogP contribution in [0.4, 0.5) is 5.82 Å². The molecule has 3 aromatic carbocycles. The van der Waals surface area contributed by atoms with Crippen LogP contribution in [-0.4, -0.2) is 30.4 Å². The van der Waals surface area contributed by atoms with Gasteiger partial charge in [0.15, 0.2) is 11.6 Å². The molecule has 1 aromatic heterocycles. The fraction of sp³-hybridized carbons (Fsp3) is 0.0800. The first kappa shape index (κ1) is 21.5. The second-order valence-electron chi connectivity index (χ2n) is 6.81. The molecule has 160 valence electrons. The Kier molecular flexibility index (Phi) is 6.77. The van der Waals surface area contributed by atoms with Gasteiger partial charge in [-0.3, -0.25) is 5.43 Å². The fourth-order valence-corrected chi connectivity index (χ4v) is 3.35. The van der Waals surface area contributed by atoms with Gasteiger partial charge in [0, 0.05) is 33.3 Å². The molecule has 0 radical (unpaired) electrons. The molecule has 0 saturated carbocycles. The second-order valence-corrected chi connectivity index (χ2v) is 7.73. The van der Waals surface area contributed by atoms with Crippen LogP contribution in [-0.2, 0) is 0 Å². The number of hydrogen-bond acceptors (Lipinski definition) is 6. The van der Waals surface area contributed by atoms with Crippen molar-refractivity contribution in [3.05, 3.63) is 88.9 Å². The van der Waals surface area contributed by atoms with Crippen LogP contribution in [0.5, 0.6) is 11.5 Å². The SMILES string of the molecule is COc1ccc(C=NNc2cc(-c3ccccc3)nc(-c3ccc(Br)cc3)n2)c(OC)c1. The zero-order chi connectivity index (χ0) is 22.3. The van der Waals surface area contributed by atoms with Crippen LogP contribution in [0.1, 0.15) is 5.56 Å². The summed E-state index contributed by atoms with van der Waals surface area (Å²) in [5.74, 6) is 2.58. The Morgan fingerprint density at radius 1 is 0.844 bits per heavy atom. The lowest BCUT2D eigenvalue weighted by Gasteiger charge is -2.09. The molecule has 0 unspecified atom stereocenters. The van der Waals surface area contributed by atoms with Gasteiger partial charge in [-0.1, -0.05) is 58.4 Å². The van der Waals surface area contributed by atoms with Crippen molar-refractivity contribution in [1.29, 1.82) is 0 Å². The van der Waals surface area contributed by atoms with Crippen LogP contribution < -0.4 is 14.9 Å². The lowest BCUT2D eigenvalue weighted by Crippen LogP contribution is -2.00. The summed E-state index contributed by atoms with van der Waals surface area (Å²) < 4.78 is 11.7. The lowest BCUT2D eigenvalue weighted by atomic mass is 10.1. The first-order valence-corrected chi connectivity index (χ1v) is 10.7. The van der Waals surface area contributed by atoms with Gasteiger partial charge in [0.1, 0.15) is 11.5 Å². The number of methoxy groups -OCH3 is 2. The Labute approximate surface area is 195 Å². The number of nitrogens with one attached hydrogen (secondary N) is 1. The topological polar surface area (TPSA) is 68.6 Å². The molecule has 0 aliphatic rings. The van der Waals surface area contributed by atoms with E-state index < -0.39 is 0 Å². The smallest absolute Gasteiger partial charge is 0.162 e. The standard InChI is InChI=1S/C25H21BrN4O2/c1-31-21-13-10-19(23(14-21)32-2)16-27-30-24-15-22(17-6-4-3-5-7-17)28-25(29-24)18-8-11-20(26)12-9-18/h3-16H,1-2H3,(H,28,29,30). The normalized spacial score (nSPS) is 10.8. The molecule has 0 fully saturated rings. The van der Waals surface area contributed by atoms with Gasteiger partial charge in [0.2, 0.25) is 0 Å². The highest BCUT2D eigenvalue weighted by Crippen LogP contribution is 2.26. The molecule has 32 heavy (non-hydrogen) atoms. The Morgan fingerprint density at radius 2 is 1.62 bits per heavy atom. The number of hydrogen-bond donors (Lipinski definition) is 1. The Morgan fingerprint density at radius 3 is 2.34 bits per heavy atom. The largest absolute Gasteiger partial charge is 0.497 e. The molecule has 0 aliphatic heterocycles. The van der Waals surface area contributed by atoms with Crippen LogP contribution in [0, 0.1) is 0 Å². The molecule has 0 bridgehead atoms. The zero-order valence-corrected chi connectivity index (χ0v) is 19.2. The molecule has 0 saturated heterocycles. The van der Waals surface area contributed by atoms with Crippen molar-refractivity contribution in [1.82, 2.24) is 9.97 Å². The minimum atomic E-state index is 0.584. The highest BCUT2D eigenvalue weighted by atomic mass is 79.9. The van der Waals surface area contributed by atoms with Gasteiger partial charge in [0.25, 0.3) is 0 Å². The van der Waals surface area contributed by atoms with Crippen molar-refractivity contribution in [2.24, 2.45) is 5.10 Å². The Bertz CT molecular complexity index is 1230. The average Bonchev–Trinajstić information content (AvgIpc) is 2.85. The van der Waals surface area contributed by atoms with E-state index in [-0.39, 0.29) is 0 Å². The molecule has 1 heterocycles. The third-order valence-corrected chi connectivity index (χ3v) is 5.25. The molecule has 7 heteroatoms. The maximum atomic E-state index is 5.43. The number of nitrogens with zero attached hydrogens (tertiary/aromatic N) is 3. The summed E-state index contributed by atoms with van der Waals surface area (Å²) in [6.45, 7) is 0. The van der Waals surface area contributed by atoms with E-state index in [1.165, 1.54) is 0 Å². The molecule has 0 spiro atoms. The monoisotopic (exact) mass is 488 g/mol. The van der Waals surface area contributed by atoms with Crippen LogP contribution in [0.2, 0.25) is 0 Å². The molecule has 1 N–H and O–H groups in total. The first-order chi connectivity index (χ1) is 15.7. The van der Waals surface area contributed by atoms with Crippen LogP contribution in [0.15, 0.2) is 88.4 Å². The number of anilines is 1. The van der Waals surface area contributed by atoms with Gasteiger partial charge in [0.05, 0.1) is 26.1 Å². The van der Waals surface area contributed by atoms with E-state index in [0.717, 1.165) is 32.6 Å². The maximum Gasteiger partial charge on any atom is 0.162 e. The van der Waals surface area contributed by atoms with Gasteiger partial charge in [-0.2, -0.15) is 5.10 Å². The molecular formula is C25H21BrN4O2. The summed E-state index contributed by atoms with van der Waals surface area (Å²) in [4.78, 5) is 9.42. The minimum absolute atomic E-state index is 0.584. The molecule has 4 rings (SSSR count). The average molecular weight is 489 g/mol. The van der Waals surface area contributed by atoms with Crippen LogP contribution in [0.25, 0.3) is 22.6 Å². The third-order valence-electron chi connectivity index (χ3n) is 4.72. The molecule has 0 aliphatic carbocycles. The van der Waals surface area contributed by atoms with Gasteiger partial charge in [-0.15, -0.1) is 0 Å². The number of rotatable bonds is 7. The number of aromatic nitrogens is 2. The molecular weight excluding hydrogens is 468 g/mol. The molecule has 0 atom stereocenters. The highest BCUT2D eigenvalue weighted by Gasteiger charge is 2.09. The van der Waals surface area contributed by atoms with E-state index in [2.05, 4.69) is 31.4 Å². The second kappa shape index (κ2) is 10.1. The van der Waals surface area contributed by atoms with E-state index in [1.54, 1.807) is 20.4 Å². The van der Waals surface area contributed by atoms with Crippen molar-refractivity contribution < 1.29 is 9.47 Å². The summed E-state index contributed by atoms with van der Waals surface area (Å²) in [6.07, 6.45) is 1.68. The van der Waals surface area contributed by atoms with Crippen molar-refractivity contribution in [3.8, 4) is 34.1 Å². The van der Waals surface area contributed by atoms with Crippen LogP contribution in [0.3, 0.4) is 0 Å². The summed E-state index contributed by atoms with van der Waals surface area (Å²) in [6, 6.07) is 25.3. The predicted molar refractivity (Wildman–Crippen MR) is 131 cm³/mol. The van der Waals surface area contributed by atoms with Gasteiger partial charge in [-0.25, -0.2) is 9.97 Å².